The monoisotopic (exact) mass is 301 g/mol. The van der Waals surface area contributed by atoms with Crippen LogP contribution in [0.2, 0.25) is 0 Å². The summed E-state index contributed by atoms with van der Waals surface area (Å²) in [6, 6.07) is 13.2. The van der Waals surface area contributed by atoms with Crippen LogP contribution in [0.4, 0.5) is 11.5 Å². The predicted octanol–water partition coefficient (Wildman–Crippen LogP) is 3.88. The molecule has 21 heavy (non-hydrogen) atoms. The van der Waals surface area contributed by atoms with Crippen LogP contribution < -0.4 is 10.6 Å². The fourth-order valence-electron chi connectivity index (χ4n) is 1.81. The van der Waals surface area contributed by atoms with Gasteiger partial charge in [-0.15, -0.1) is 11.8 Å². The van der Waals surface area contributed by atoms with E-state index in [1.807, 2.05) is 42.7 Å². The first-order chi connectivity index (χ1) is 10.2. The summed E-state index contributed by atoms with van der Waals surface area (Å²) in [5, 5.41) is 6.05. The fraction of sp³-hybridized carbons (Fsp3) is 0.250. The first-order valence-corrected chi connectivity index (χ1v) is 8.11. The molecule has 110 valence electrons. The third kappa shape index (κ3) is 4.49. The van der Waals surface area contributed by atoms with Gasteiger partial charge in [-0.1, -0.05) is 19.1 Å². The molecule has 1 heterocycles. The maximum Gasteiger partial charge on any atom is 0.274 e. The molecule has 1 amide bonds. The molecule has 0 spiro atoms. The van der Waals surface area contributed by atoms with Crippen LogP contribution in [0.25, 0.3) is 0 Å². The van der Waals surface area contributed by atoms with Gasteiger partial charge in [-0.05, 0) is 43.0 Å². The van der Waals surface area contributed by atoms with Crippen LogP contribution in [-0.4, -0.2) is 23.7 Å². The lowest BCUT2D eigenvalue weighted by atomic mass is 10.3. The second-order valence-electron chi connectivity index (χ2n) is 4.52. The van der Waals surface area contributed by atoms with Crippen molar-refractivity contribution in [3.8, 4) is 0 Å². The van der Waals surface area contributed by atoms with E-state index < -0.39 is 0 Å². The largest absolute Gasteiger partial charge is 0.370 e. The quantitative estimate of drug-likeness (QED) is 0.795. The Morgan fingerprint density at radius 3 is 2.81 bits per heavy atom. The number of nitrogens with one attached hydrogen (secondary N) is 2. The minimum absolute atomic E-state index is 0.201. The van der Waals surface area contributed by atoms with Crippen LogP contribution in [0.1, 0.15) is 23.8 Å². The lowest BCUT2D eigenvalue weighted by molar-refractivity contribution is 0.102. The van der Waals surface area contributed by atoms with Crippen LogP contribution in [0.15, 0.2) is 47.4 Å². The van der Waals surface area contributed by atoms with E-state index in [9.17, 15) is 4.79 Å². The molecular weight excluding hydrogens is 282 g/mol. The maximum atomic E-state index is 12.2. The molecule has 0 radical (unpaired) electrons. The molecule has 2 N–H and O–H groups in total. The summed E-state index contributed by atoms with van der Waals surface area (Å²) in [6.07, 6.45) is 3.02. The normalized spacial score (nSPS) is 10.2. The Labute approximate surface area is 129 Å². The summed E-state index contributed by atoms with van der Waals surface area (Å²) in [6.45, 7) is 2.93. The molecule has 1 aromatic heterocycles. The number of aromatic nitrogens is 1. The molecule has 0 bridgehead atoms. The van der Waals surface area contributed by atoms with Crippen molar-refractivity contribution in [1.82, 2.24) is 4.98 Å². The van der Waals surface area contributed by atoms with Crippen molar-refractivity contribution >= 4 is 29.2 Å². The maximum absolute atomic E-state index is 12.2. The summed E-state index contributed by atoms with van der Waals surface area (Å²) < 4.78 is 0. The number of thioether (sulfide) groups is 1. The van der Waals surface area contributed by atoms with Crippen LogP contribution in [0, 0.1) is 0 Å². The second-order valence-corrected chi connectivity index (χ2v) is 5.40. The van der Waals surface area contributed by atoms with Gasteiger partial charge in [0.1, 0.15) is 11.5 Å². The highest BCUT2D eigenvalue weighted by Crippen LogP contribution is 2.19. The Kier molecular flexibility index (Phi) is 5.63. The molecule has 4 nitrogen and oxygen atoms in total. The van der Waals surface area contributed by atoms with E-state index in [4.69, 9.17) is 0 Å². The Hall–Kier alpha value is -2.01. The van der Waals surface area contributed by atoms with Gasteiger partial charge >= 0.3 is 0 Å². The number of carbonyl (C=O) groups is 1. The van der Waals surface area contributed by atoms with Gasteiger partial charge in [0.2, 0.25) is 0 Å². The molecule has 0 fully saturated rings. The zero-order valence-electron chi connectivity index (χ0n) is 12.2. The number of hydrogen-bond donors (Lipinski definition) is 2. The number of anilines is 2. The highest BCUT2D eigenvalue weighted by molar-refractivity contribution is 7.98. The lowest BCUT2D eigenvalue weighted by Crippen LogP contribution is -2.14. The SMILES string of the molecule is CCCNc1cccc(C(=O)Nc2cccc(SC)c2)n1. The van der Waals surface area contributed by atoms with Crippen LogP contribution in [0.3, 0.4) is 0 Å². The highest BCUT2D eigenvalue weighted by atomic mass is 32.2. The molecular formula is C16H19N3OS. The number of carbonyl (C=O) groups excluding carboxylic acids is 1. The van der Waals surface area contributed by atoms with Crippen LogP contribution >= 0.6 is 11.8 Å². The van der Waals surface area contributed by atoms with Gasteiger partial charge in [-0.25, -0.2) is 4.98 Å². The van der Waals surface area contributed by atoms with Crippen LogP contribution in [0.5, 0.6) is 0 Å². The van der Waals surface area contributed by atoms with Crippen molar-refractivity contribution in [2.45, 2.75) is 18.2 Å². The van der Waals surface area contributed by atoms with E-state index in [2.05, 4.69) is 22.5 Å². The number of amides is 1. The Bertz CT molecular complexity index is 616. The molecule has 0 aliphatic carbocycles. The molecule has 2 aromatic rings. The Morgan fingerprint density at radius 2 is 2.05 bits per heavy atom. The van der Waals surface area contributed by atoms with E-state index >= 15 is 0 Å². The van der Waals surface area contributed by atoms with Gasteiger partial charge in [0.05, 0.1) is 0 Å². The van der Waals surface area contributed by atoms with Gasteiger partial charge in [0.15, 0.2) is 0 Å². The molecule has 0 saturated carbocycles. The summed E-state index contributed by atoms with van der Waals surface area (Å²) >= 11 is 1.64. The van der Waals surface area contributed by atoms with Crippen molar-refractivity contribution in [3.63, 3.8) is 0 Å². The van der Waals surface area contributed by atoms with E-state index in [-0.39, 0.29) is 5.91 Å². The molecule has 5 heteroatoms. The molecule has 0 atom stereocenters. The van der Waals surface area contributed by atoms with Crippen molar-refractivity contribution < 1.29 is 4.79 Å². The molecule has 1 aromatic carbocycles. The lowest BCUT2D eigenvalue weighted by Gasteiger charge is -2.08. The summed E-state index contributed by atoms with van der Waals surface area (Å²) in [5.41, 5.74) is 1.19. The third-order valence-electron chi connectivity index (χ3n) is 2.87. The summed E-state index contributed by atoms with van der Waals surface area (Å²) in [4.78, 5) is 17.7. The minimum Gasteiger partial charge on any atom is -0.370 e. The third-order valence-corrected chi connectivity index (χ3v) is 3.59. The van der Waals surface area contributed by atoms with Crippen molar-refractivity contribution in [2.24, 2.45) is 0 Å². The number of benzene rings is 1. The zero-order valence-corrected chi connectivity index (χ0v) is 13.0. The van der Waals surface area contributed by atoms with Gasteiger partial charge in [0.25, 0.3) is 5.91 Å². The first kappa shape index (κ1) is 15.4. The standard InChI is InChI=1S/C16H19N3OS/c1-3-10-17-15-9-5-8-14(19-15)16(20)18-12-6-4-7-13(11-12)21-2/h4-9,11H,3,10H2,1-2H3,(H,17,19)(H,18,20). The average Bonchev–Trinajstić information content (AvgIpc) is 2.53. The van der Waals surface area contributed by atoms with Gasteiger partial charge in [-0.3, -0.25) is 4.79 Å². The Balaban J connectivity index is 2.08. The Morgan fingerprint density at radius 1 is 1.24 bits per heavy atom. The zero-order chi connectivity index (χ0) is 15.1. The van der Waals surface area contributed by atoms with E-state index in [1.165, 1.54) is 0 Å². The summed E-state index contributed by atoms with van der Waals surface area (Å²) in [7, 11) is 0. The van der Waals surface area contributed by atoms with E-state index in [1.54, 1.807) is 17.8 Å². The smallest absolute Gasteiger partial charge is 0.274 e. The molecule has 0 saturated heterocycles. The van der Waals surface area contributed by atoms with Crippen LogP contribution in [-0.2, 0) is 0 Å². The van der Waals surface area contributed by atoms with Crippen molar-refractivity contribution in [3.05, 3.63) is 48.2 Å². The first-order valence-electron chi connectivity index (χ1n) is 6.89. The average molecular weight is 301 g/mol. The molecule has 0 unspecified atom stereocenters. The second kappa shape index (κ2) is 7.69. The molecule has 0 aliphatic heterocycles. The predicted molar refractivity (Wildman–Crippen MR) is 89.2 cm³/mol. The van der Waals surface area contributed by atoms with Crippen molar-refractivity contribution in [1.29, 1.82) is 0 Å². The number of pyridine rings is 1. The molecule has 2 rings (SSSR count). The van der Waals surface area contributed by atoms with Crippen molar-refractivity contribution in [2.75, 3.05) is 23.4 Å². The number of hydrogen-bond acceptors (Lipinski definition) is 4. The van der Waals surface area contributed by atoms with E-state index in [0.29, 0.717) is 5.69 Å². The highest BCUT2D eigenvalue weighted by Gasteiger charge is 2.08. The fourth-order valence-corrected chi connectivity index (χ4v) is 2.27. The van der Waals surface area contributed by atoms with Gasteiger partial charge in [-0.2, -0.15) is 0 Å². The van der Waals surface area contributed by atoms with E-state index in [0.717, 1.165) is 29.4 Å². The summed E-state index contributed by atoms with van der Waals surface area (Å²) in [5.74, 6) is 0.524. The molecule has 0 aliphatic rings. The number of rotatable bonds is 6. The van der Waals surface area contributed by atoms with Gasteiger partial charge < -0.3 is 10.6 Å². The number of nitrogens with zero attached hydrogens (tertiary/aromatic N) is 1. The minimum atomic E-state index is -0.201. The van der Waals surface area contributed by atoms with Gasteiger partial charge in [0, 0.05) is 17.1 Å². The topological polar surface area (TPSA) is 54.0 Å².